The third-order valence-corrected chi connectivity index (χ3v) is 8.03. The third-order valence-electron chi connectivity index (χ3n) is 8.03. The summed E-state index contributed by atoms with van der Waals surface area (Å²) < 4.78 is 61.1. The van der Waals surface area contributed by atoms with Gasteiger partial charge in [-0.25, -0.2) is 14.5 Å². The van der Waals surface area contributed by atoms with Crippen LogP contribution in [0.2, 0.25) is 0 Å². The second kappa shape index (κ2) is 11.6. The van der Waals surface area contributed by atoms with E-state index in [-0.39, 0.29) is 55.6 Å². The van der Waals surface area contributed by atoms with Crippen LogP contribution in [0, 0.1) is 17.1 Å². The van der Waals surface area contributed by atoms with E-state index in [1.54, 1.807) is 29.2 Å². The number of nitrogens with zero attached hydrogens (tertiary/aromatic N) is 5. The average Bonchev–Trinajstić information content (AvgIpc) is 3.00. The molecule has 0 radical (unpaired) electrons. The summed E-state index contributed by atoms with van der Waals surface area (Å²) in [5.41, 5.74) is -1.01. The van der Waals surface area contributed by atoms with Gasteiger partial charge in [-0.05, 0) is 61.2 Å². The summed E-state index contributed by atoms with van der Waals surface area (Å²) in [6.07, 6.45) is -0.401. The quantitative estimate of drug-likeness (QED) is 0.313. The Balaban J connectivity index is 1.18. The van der Waals surface area contributed by atoms with E-state index in [1.807, 2.05) is 0 Å². The molecule has 1 amide bonds. The van der Waals surface area contributed by atoms with Crippen LogP contribution in [0.15, 0.2) is 53.5 Å². The van der Waals surface area contributed by atoms with Gasteiger partial charge < -0.3 is 14.5 Å². The van der Waals surface area contributed by atoms with E-state index in [0.29, 0.717) is 27.8 Å². The number of carbonyl (C=O) groups is 1. The van der Waals surface area contributed by atoms with Gasteiger partial charge in [-0.1, -0.05) is 6.07 Å². The number of nitrogens with one attached hydrogen (secondary N) is 1. The molecule has 4 aromatic rings. The van der Waals surface area contributed by atoms with Crippen molar-refractivity contribution in [2.24, 2.45) is 0 Å². The molecule has 226 valence electrons. The van der Waals surface area contributed by atoms with Gasteiger partial charge in [0, 0.05) is 44.2 Å². The Hall–Kier alpha value is -4.99. The maximum Gasteiger partial charge on any atom is 0.417 e. The van der Waals surface area contributed by atoms with Crippen molar-refractivity contribution in [3.63, 3.8) is 0 Å². The van der Waals surface area contributed by atoms with Crippen LogP contribution in [-0.4, -0.2) is 58.3 Å². The molecule has 6 rings (SSSR count). The van der Waals surface area contributed by atoms with E-state index in [1.165, 1.54) is 23.1 Å². The molecule has 0 atom stereocenters. The van der Waals surface area contributed by atoms with Crippen LogP contribution < -0.4 is 15.2 Å². The van der Waals surface area contributed by atoms with Gasteiger partial charge in [0.1, 0.15) is 23.5 Å². The van der Waals surface area contributed by atoms with E-state index in [2.05, 4.69) is 15.2 Å². The van der Waals surface area contributed by atoms with Crippen molar-refractivity contribution in [1.29, 1.82) is 5.26 Å². The minimum atomic E-state index is -4.72. The van der Waals surface area contributed by atoms with Crippen LogP contribution in [0.25, 0.3) is 10.8 Å². The Morgan fingerprint density at radius 1 is 1.07 bits per heavy atom. The molecule has 1 saturated carbocycles. The lowest BCUT2D eigenvalue weighted by atomic mass is 9.96. The number of carbonyl (C=O) groups excluding carboxylic acids is 1. The molecule has 44 heavy (non-hydrogen) atoms. The molecule has 1 aliphatic carbocycles. The van der Waals surface area contributed by atoms with Gasteiger partial charge >= 0.3 is 6.18 Å². The van der Waals surface area contributed by atoms with E-state index in [0.717, 1.165) is 31.5 Å². The molecule has 1 N–H and O–H groups in total. The number of hydrogen-bond acceptors (Lipinski definition) is 7. The molecule has 1 aliphatic heterocycles. The summed E-state index contributed by atoms with van der Waals surface area (Å²) in [5.74, 6) is -0.585. The predicted octanol–water partition coefficient (Wildman–Crippen LogP) is 4.83. The van der Waals surface area contributed by atoms with Gasteiger partial charge in [-0.15, -0.1) is 0 Å². The fourth-order valence-corrected chi connectivity index (χ4v) is 5.38. The molecule has 2 fully saturated rings. The second-order valence-electron chi connectivity index (χ2n) is 10.8. The largest absolute Gasteiger partial charge is 0.490 e. The summed E-state index contributed by atoms with van der Waals surface area (Å²) in [6, 6.07) is 11.8. The van der Waals surface area contributed by atoms with Gasteiger partial charge in [-0.2, -0.15) is 23.5 Å². The standard InChI is InChI=1S/C31H26F4N6O3/c32-26-7-4-18(13-27-23-14-21(44-20-2-1-3-20)5-6-22(23)29(42)39-38-27)12-24(26)30(43)41-10-8-40(9-11-41)28-15-25(31(33,34)35)19(16-36)17-37-28/h4-7,12,14-15,17,20H,1-3,8-11,13H2,(H,39,42). The summed E-state index contributed by atoms with van der Waals surface area (Å²) in [4.78, 5) is 32.8. The first-order valence-electron chi connectivity index (χ1n) is 14.1. The van der Waals surface area contributed by atoms with Crippen molar-refractivity contribution < 1.29 is 27.1 Å². The van der Waals surface area contributed by atoms with Crippen LogP contribution in [0.3, 0.4) is 0 Å². The summed E-state index contributed by atoms with van der Waals surface area (Å²) >= 11 is 0. The molecule has 2 aliphatic rings. The molecule has 2 aromatic heterocycles. The van der Waals surface area contributed by atoms with Crippen LogP contribution in [-0.2, 0) is 12.6 Å². The van der Waals surface area contributed by atoms with Crippen LogP contribution in [0.5, 0.6) is 5.75 Å². The first-order valence-corrected chi connectivity index (χ1v) is 14.1. The molecule has 0 unspecified atom stereocenters. The zero-order chi connectivity index (χ0) is 31.0. The van der Waals surface area contributed by atoms with Crippen LogP contribution in [0.4, 0.5) is 23.4 Å². The normalized spacial score (nSPS) is 15.6. The Bertz CT molecular complexity index is 1840. The fourth-order valence-electron chi connectivity index (χ4n) is 5.38. The van der Waals surface area contributed by atoms with Crippen molar-refractivity contribution in [3.05, 3.63) is 92.8 Å². The minimum absolute atomic E-state index is 0.0403. The molecule has 0 spiro atoms. The zero-order valence-corrected chi connectivity index (χ0v) is 23.3. The lowest BCUT2D eigenvalue weighted by Crippen LogP contribution is -2.49. The Kier molecular flexibility index (Phi) is 7.67. The first kappa shape index (κ1) is 29.1. The number of pyridine rings is 1. The SMILES string of the molecule is N#Cc1cnc(N2CCN(C(=O)c3cc(Cc4n[nH]c(=O)c5ccc(OC6CCC6)cc45)ccc3F)CC2)cc1C(F)(F)F. The smallest absolute Gasteiger partial charge is 0.417 e. The number of fused-ring (bicyclic) bond motifs is 1. The molecular formula is C31H26F4N6O3. The van der Waals surface area contributed by atoms with Gasteiger partial charge in [-0.3, -0.25) is 9.59 Å². The first-order chi connectivity index (χ1) is 21.1. The highest BCUT2D eigenvalue weighted by atomic mass is 19.4. The van der Waals surface area contributed by atoms with E-state index >= 15 is 0 Å². The van der Waals surface area contributed by atoms with Crippen LogP contribution >= 0.6 is 0 Å². The van der Waals surface area contributed by atoms with E-state index in [4.69, 9.17) is 10.00 Å². The monoisotopic (exact) mass is 606 g/mol. The highest BCUT2D eigenvalue weighted by Crippen LogP contribution is 2.34. The number of nitriles is 1. The number of amides is 1. The Morgan fingerprint density at radius 2 is 1.84 bits per heavy atom. The van der Waals surface area contributed by atoms with Gasteiger partial charge in [0.2, 0.25) is 0 Å². The van der Waals surface area contributed by atoms with Crippen molar-refractivity contribution in [2.75, 3.05) is 31.1 Å². The molecule has 9 nitrogen and oxygen atoms in total. The van der Waals surface area contributed by atoms with Gasteiger partial charge in [0.25, 0.3) is 11.5 Å². The molecular weight excluding hydrogens is 580 g/mol. The maximum absolute atomic E-state index is 14.9. The number of hydrogen-bond donors (Lipinski definition) is 1. The molecule has 0 bridgehead atoms. The number of rotatable bonds is 6. The molecule has 3 heterocycles. The number of benzene rings is 2. The predicted molar refractivity (Wildman–Crippen MR) is 152 cm³/mol. The summed E-state index contributed by atoms with van der Waals surface area (Å²) in [7, 11) is 0. The molecule has 1 saturated heterocycles. The third kappa shape index (κ3) is 5.79. The van der Waals surface area contributed by atoms with Gasteiger partial charge in [0.15, 0.2) is 0 Å². The Morgan fingerprint density at radius 3 is 2.52 bits per heavy atom. The number of H-pyrrole nitrogens is 1. The Labute approximate surface area is 248 Å². The van der Waals surface area contributed by atoms with Gasteiger partial charge in [0.05, 0.1) is 33.9 Å². The van der Waals surface area contributed by atoms with Crippen molar-refractivity contribution in [1.82, 2.24) is 20.1 Å². The highest BCUT2D eigenvalue weighted by molar-refractivity contribution is 5.95. The number of alkyl halides is 3. The van der Waals surface area contributed by atoms with Crippen molar-refractivity contribution in [3.8, 4) is 11.8 Å². The minimum Gasteiger partial charge on any atom is -0.490 e. The number of aromatic nitrogens is 3. The second-order valence-corrected chi connectivity index (χ2v) is 10.8. The average molecular weight is 607 g/mol. The number of ether oxygens (including phenoxy) is 1. The maximum atomic E-state index is 14.9. The fraction of sp³-hybridized carbons (Fsp3) is 0.323. The number of piperazine rings is 1. The van der Waals surface area contributed by atoms with Crippen molar-refractivity contribution in [2.45, 2.75) is 38.0 Å². The van der Waals surface area contributed by atoms with Crippen molar-refractivity contribution >= 4 is 22.5 Å². The van der Waals surface area contributed by atoms with Crippen LogP contribution in [0.1, 0.15) is 52.0 Å². The van der Waals surface area contributed by atoms with E-state index < -0.39 is 29.0 Å². The lowest BCUT2D eigenvalue weighted by Gasteiger charge is -2.35. The number of aromatic amines is 1. The lowest BCUT2D eigenvalue weighted by molar-refractivity contribution is -0.137. The number of anilines is 1. The zero-order valence-electron chi connectivity index (χ0n) is 23.3. The topological polar surface area (TPSA) is 115 Å². The number of halogens is 4. The molecule has 2 aromatic carbocycles. The van der Waals surface area contributed by atoms with E-state index in [9.17, 15) is 27.2 Å². The molecule has 13 heteroatoms. The summed E-state index contributed by atoms with van der Waals surface area (Å²) in [5, 5.41) is 16.8. The summed E-state index contributed by atoms with van der Waals surface area (Å²) in [6.45, 7) is 0.590. The highest BCUT2D eigenvalue weighted by Gasteiger charge is 2.35.